The molecular weight excluding hydrogens is 206 g/mol. The fraction of sp³-hybridized carbons (Fsp3) is 0.308. The second-order valence-corrected chi connectivity index (χ2v) is 4.18. The summed E-state index contributed by atoms with van der Waals surface area (Å²) in [4.78, 5) is 4.62. The van der Waals surface area contributed by atoms with Gasteiger partial charge in [0, 0.05) is 11.1 Å². The molecule has 0 radical (unpaired) electrons. The van der Waals surface area contributed by atoms with Crippen LogP contribution in [0.15, 0.2) is 18.2 Å². The van der Waals surface area contributed by atoms with Crippen molar-refractivity contribution in [3.8, 4) is 0 Å². The molecule has 0 saturated carbocycles. The zero-order valence-corrected chi connectivity index (χ0v) is 10.0. The fourth-order valence-corrected chi connectivity index (χ4v) is 2.09. The fourth-order valence-electron chi connectivity index (χ4n) is 1.80. The molecule has 0 aliphatic rings. The van der Waals surface area contributed by atoms with E-state index in [0.717, 1.165) is 33.6 Å². The number of halogens is 1. The van der Waals surface area contributed by atoms with Gasteiger partial charge >= 0.3 is 0 Å². The van der Waals surface area contributed by atoms with Gasteiger partial charge in [0.2, 0.25) is 0 Å². The summed E-state index contributed by atoms with van der Waals surface area (Å²) in [7, 11) is 0. The first-order chi connectivity index (χ1) is 7.15. The molecule has 0 aliphatic carbocycles. The Balaban J connectivity index is 2.91. The molecule has 1 heterocycles. The van der Waals surface area contributed by atoms with E-state index < -0.39 is 0 Å². The molecule has 0 bridgehead atoms. The Labute approximate surface area is 95.1 Å². The number of rotatable bonds is 1. The molecule has 78 valence electrons. The molecule has 0 amide bonds. The topological polar surface area (TPSA) is 12.9 Å². The van der Waals surface area contributed by atoms with Crippen LogP contribution in [0.4, 0.5) is 0 Å². The zero-order chi connectivity index (χ0) is 11.0. The van der Waals surface area contributed by atoms with Gasteiger partial charge in [-0.3, -0.25) is 4.98 Å². The molecule has 0 unspecified atom stereocenters. The predicted octanol–water partition coefficient (Wildman–Crippen LogP) is 4.07. The lowest BCUT2D eigenvalue weighted by molar-refractivity contribution is 1.12. The van der Waals surface area contributed by atoms with E-state index in [-0.39, 0.29) is 0 Å². The quantitative estimate of drug-likeness (QED) is 0.705. The average Bonchev–Trinajstić information content (AvgIpc) is 2.25. The highest BCUT2D eigenvalue weighted by molar-refractivity contribution is 6.36. The van der Waals surface area contributed by atoms with Gasteiger partial charge in [-0.05, 0) is 31.4 Å². The maximum absolute atomic E-state index is 6.32. The lowest BCUT2D eigenvalue weighted by atomic mass is 10.1. The Morgan fingerprint density at radius 3 is 2.67 bits per heavy atom. The molecule has 1 nitrogen and oxygen atoms in total. The second-order valence-electron chi connectivity index (χ2n) is 3.80. The molecule has 2 heteroatoms. The smallest absolute Gasteiger partial charge is 0.0752 e. The monoisotopic (exact) mass is 219 g/mol. The van der Waals surface area contributed by atoms with Crippen LogP contribution in [0.2, 0.25) is 5.02 Å². The van der Waals surface area contributed by atoms with E-state index >= 15 is 0 Å². The first-order valence-electron chi connectivity index (χ1n) is 5.19. The predicted molar refractivity (Wildman–Crippen MR) is 65.6 cm³/mol. The number of benzene rings is 1. The van der Waals surface area contributed by atoms with Gasteiger partial charge in [-0.1, -0.05) is 36.7 Å². The SMILES string of the molecule is CCc1cccc2c(Cl)c(C)c(C)nc12. The maximum atomic E-state index is 6.32. The summed E-state index contributed by atoms with van der Waals surface area (Å²) in [5.74, 6) is 0. The van der Waals surface area contributed by atoms with Crippen molar-refractivity contribution in [2.24, 2.45) is 0 Å². The lowest BCUT2D eigenvalue weighted by Gasteiger charge is -2.09. The molecule has 0 N–H and O–H groups in total. The molecule has 2 rings (SSSR count). The van der Waals surface area contributed by atoms with E-state index in [1.54, 1.807) is 0 Å². The van der Waals surface area contributed by atoms with Crippen LogP contribution in [-0.4, -0.2) is 4.98 Å². The molecule has 0 saturated heterocycles. The number of para-hydroxylation sites is 1. The number of fused-ring (bicyclic) bond motifs is 1. The summed E-state index contributed by atoms with van der Waals surface area (Å²) in [6.07, 6.45) is 0.989. The third-order valence-corrected chi connectivity index (χ3v) is 3.38. The van der Waals surface area contributed by atoms with Gasteiger partial charge in [0.15, 0.2) is 0 Å². The van der Waals surface area contributed by atoms with Gasteiger partial charge in [-0.15, -0.1) is 0 Å². The second kappa shape index (κ2) is 3.82. The van der Waals surface area contributed by atoms with Crippen LogP contribution in [-0.2, 0) is 6.42 Å². The Hall–Kier alpha value is -1.08. The number of aromatic nitrogens is 1. The Bertz CT molecular complexity index is 517. The van der Waals surface area contributed by atoms with Crippen molar-refractivity contribution in [3.63, 3.8) is 0 Å². The summed E-state index contributed by atoms with van der Waals surface area (Å²) in [6.45, 7) is 6.16. The van der Waals surface area contributed by atoms with Crippen molar-refractivity contribution < 1.29 is 0 Å². The summed E-state index contributed by atoms with van der Waals surface area (Å²) in [5.41, 5.74) is 4.41. The highest BCUT2D eigenvalue weighted by Crippen LogP contribution is 2.29. The van der Waals surface area contributed by atoms with Crippen molar-refractivity contribution >= 4 is 22.5 Å². The Kier molecular flexibility index (Phi) is 2.66. The van der Waals surface area contributed by atoms with Gasteiger partial charge in [0.25, 0.3) is 0 Å². The van der Waals surface area contributed by atoms with E-state index in [2.05, 4.69) is 18.0 Å². The van der Waals surface area contributed by atoms with Crippen LogP contribution in [0, 0.1) is 13.8 Å². The molecule has 0 fully saturated rings. The maximum Gasteiger partial charge on any atom is 0.0752 e. The highest BCUT2D eigenvalue weighted by Gasteiger charge is 2.09. The lowest BCUT2D eigenvalue weighted by Crippen LogP contribution is -1.94. The van der Waals surface area contributed by atoms with Crippen LogP contribution in [0.25, 0.3) is 10.9 Å². The number of nitrogens with zero attached hydrogens (tertiary/aromatic N) is 1. The standard InChI is InChI=1S/C13H14ClN/c1-4-10-6-5-7-11-12(14)8(2)9(3)15-13(10)11/h5-7H,4H2,1-3H3. The first-order valence-corrected chi connectivity index (χ1v) is 5.57. The van der Waals surface area contributed by atoms with Crippen LogP contribution in [0.5, 0.6) is 0 Å². The molecular formula is C13H14ClN. The van der Waals surface area contributed by atoms with Gasteiger partial charge in [0.1, 0.15) is 0 Å². The van der Waals surface area contributed by atoms with Crippen LogP contribution in [0.1, 0.15) is 23.7 Å². The Morgan fingerprint density at radius 2 is 2.00 bits per heavy atom. The third-order valence-electron chi connectivity index (χ3n) is 2.89. The molecule has 2 aromatic rings. The molecule has 0 spiro atoms. The van der Waals surface area contributed by atoms with Crippen LogP contribution < -0.4 is 0 Å². The summed E-state index contributed by atoms with van der Waals surface area (Å²) in [6, 6.07) is 6.19. The zero-order valence-electron chi connectivity index (χ0n) is 9.26. The summed E-state index contributed by atoms with van der Waals surface area (Å²) < 4.78 is 0. The van der Waals surface area contributed by atoms with Crippen molar-refractivity contribution in [1.82, 2.24) is 4.98 Å². The first kappa shape index (κ1) is 10.4. The largest absolute Gasteiger partial charge is 0.252 e. The number of hydrogen-bond acceptors (Lipinski definition) is 1. The van der Waals surface area contributed by atoms with E-state index in [1.807, 2.05) is 26.0 Å². The molecule has 1 aromatic carbocycles. The average molecular weight is 220 g/mol. The van der Waals surface area contributed by atoms with Crippen molar-refractivity contribution in [2.75, 3.05) is 0 Å². The Morgan fingerprint density at radius 1 is 1.27 bits per heavy atom. The van der Waals surface area contributed by atoms with Crippen molar-refractivity contribution in [1.29, 1.82) is 0 Å². The van der Waals surface area contributed by atoms with Gasteiger partial charge in [-0.25, -0.2) is 0 Å². The van der Waals surface area contributed by atoms with Crippen molar-refractivity contribution in [3.05, 3.63) is 40.0 Å². The van der Waals surface area contributed by atoms with Gasteiger partial charge < -0.3 is 0 Å². The van der Waals surface area contributed by atoms with E-state index in [0.29, 0.717) is 0 Å². The minimum atomic E-state index is 0.841. The van der Waals surface area contributed by atoms with E-state index in [9.17, 15) is 0 Å². The highest BCUT2D eigenvalue weighted by atomic mass is 35.5. The van der Waals surface area contributed by atoms with Crippen LogP contribution in [0.3, 0.4) is 0 Å². The molecule has 1 aromatic heterocycles. The van der Waals surface area contributed by atoms with E-state index in [4.69, 9.17) is 11.6 Å². The summed E-state index contributed by atoms with van der Waals surface area (Å²) >= 11 is 6.32. The minimum Gasteiger partial charge on any atom is -0.252 e. The van der Waals surface area contributed by atoms with Gasteiger partial charge in [-0.2, -0.15) is 0 Å². The molecule has 0 atom stereocenters. The van der Waals surface area contributed by atoms with E-state index in [1.165, 1.54) is 5.56 Å². The van der Waals surface area contributed by atoms with Crippen LogP contribution >= 0.6 is 11.6 Å². The summed E-state index contributed by atoms with van der Waals surface area (Å²) in [5, 5.41) is 1.91. The number of hydrogen-bond donors (Lipinski definition) is 0. The van der Waals surface area contributed by atoms with Crippen molar-refractivity contribution in [2.45, 2.75) is 27.2 Å². The van der Waals surface area contributed by atoms with Gasteiger partial charge in [0.05, 0.1) is 10.5 Å². The number of aryl methyl sites for hydroxylation is 2. The number of pyridine rings is 1. The molecule has 15 heavy (non-hydrogen) atoms. The third kappa shape index (κ3) is 1.61. The normalized spacial score (nSPS) is 10.9. The molecule has 0 aliphatic heterocycles. The minimum absolute atomic E-state index is 0.841.